The van der Waals surface area contributed by atoms with E-state index in [2.05, 4.69) is 28.7 Å². The van der Waals surface area contributed by atoms with E-state index in [-0.39, 0.29) is 24.1 Å². The van der Waals surface area contributed by atoms with Crippen LogP contribution in [0.2, 0.25) is 19.1 Å². The molecule has 10 nitrogen and oxygen atoms in total. The Morgan fingerprint density at radius 1 is 1.18 bits per heavy atom. The summed E-state index contributed by atoms with van der Waals surface area (Å²) in [6.45, 7) is 5.69. The van der Waals surface area contributed by atoms with Crippen LogP contribution in [0.15, 0.2) is 24.4 Å². The molecule has 5 rings (SSSR count). The summed E-state index contributed by atoms with van der Waals surface area (Å²) in [5, 5.41) is 10.6. The summed E-state index contributed by atoms with van der Waals surface area (Å²) in [4.78, 5) is 53.3. The number of fused-ring (bicyclic) bond motifs is 1. The topological polar surface area (TPSA) is 118 Å². The standard InChI is InChI=1S/C23H28N6O4Si/c1-34(2)10-4-3-9-27(14-34)23(33)18-13-29(26-25-18)16-6-5-15-12-28(22(32)17(15)11-16)19-7-8-20(30)24-21(19)31/h5-6,11,13,19H,3-4,7-10,12,14H2,1-2H3,(H,24,30,31). The number of hydrogen-bond donors (Lipinski definition) is 1. The minimum atomic E-state index is -1.45. The Morgan fingerprint density at radius 3 is 2.79 bits per heavy atom. The van der Waals surface area contributed by atoms with E-state index in [1.807, 2.05) is 17.0 Å². The van der Waals surface area contributed by atoms with Gasteiger partial charge in [0, 0.05) is 31.2 Å². The van der Waals surface area contributed by atoms with Crippen molar-refractivity contribution in [3.8, 4) is 5.69 Å². The smallest absolute Gasteiger partial charge is 0.275 e. The van der Waals surface area contributed by atoms with E-state index in [4.69, 9.17) is 0 Å². The number of carbonyl (C=O) groups is 4. The molecular weight excluding hydrogens is 452 g/mol. The third-order valence-corrected chi connectivity index (χ3v) is 9.87. The van der Waals surface area contributed by atoms with Crippen LogP contribution >= 0.6 is 0 Å². The molecule has 11 heteroatoms. The van der Waals surface area contributed by atoms with E-state index in [0.29, 0.717) is 29.9 Å². The lowest BCUT2D eigenvalue weighted by molar-refractivity contribution is -0.136. The lowest BCUT2D eigenvalue weighted by Gasteiger charge is -2.29. The molecule has 2 saturated heterocycles. The molecule has 178 valence electrons. The maximum Gasteiger partial charge on any atom is 0.275 e. The first-order valence-electron chi connectivity index (χ1n) is 11.7. The molecule has 0 aliphatic carbocycles. The molecule has 34 heavy (non-hydrogen) atoms. The summed E-state index contributed by atoms with van der Waals surface area (Å²) < 4.78 is 1.51. The normalized spacial score (nSPS) is 22.4. The number of amides is 4. The maximum absolute atomic E-state index is 13.1. The molecule has 1 N–H and O–H groups in total. The molecular formula is C23H28N6O4Si. The van der Waals surface area contributed by atoms with Crippen LogP contribution in [0.3, 0.4) is 0 Å². The van der Waals surface area contributed by atoms with Crippen LogP contribution < -0.4 is 5.32 Å². The van der Waals surface area contributed by atoms with Crippen LogP contribution in [0.5, 0.6) is 0 Å². The van der Waals surface area contributed by atoms with Crippen molar-refractivity contribution in [3.63, 3.8) is 0 Å². The highest BCUT2D eigenvalue weighted by Gasteiger charge is 2.39. The predicted octanol–water partition coefficient (Wildman–Crippen LogP) is 1.51. The minimum Gasteiger partial charge on any atom is -0.340 e. The van der Waals surface area contributed by atoms with E-state index in [0.717, 1.165) is 31.1 Å². The number of aromatic nitrogens is 3. The Morgan fingerprint density at radius 2 is 2.00 bits per heavy atom. The number of piperidine rings is 1. The molecule has 3 aliphatic heterocycles. The molecule has 2 aromatic rings. The van der Waals surface area contributed by atoms with Gasteiger partial charge < -0.3 is 9.80 Å². The second kappa shape index (κ2) is 8.46. The molecule has 0 radical (unpaired) electrons. The highest BCUT2D eigenvalue weighted by Crippen LogP contribution is 2.29. The van der Waals surface area contributed by atoms with Crippen molar-refractivity contribution in [2.75, 3.05) is 12.7 Å². The van der Waals surface area contributed by atoms with Gasteiger partial charge in [0.2, 0.25) is 11.8 Å². The fraction of sp³-hybridized carbons (Fsp3) is 0.478. The molecule has 4 amide bonds. The van der Waals surface area contributed by atoms with Gasteiger partial charge in [-0.05, 0) is 30.5 Å². The molecule has 1 atom stereocenters. The van der Waals surface area contributed by atoms with Crippen molar-refractivity contribution in [1.29, 1.82) is 0 Å². The largest absolute Gasteiger partial charge is 0.340 e. The third kappa shape index (κ3) is 4.15. The van der Waals surface area contributed by atoms with Crippen LogP contribution in [0.4, 0.5) is 0 Å². The van der Waals surface area contributed by atoms with Crippen LogP contribution in [0.25, 0.3) is 5.69 Å². The Hall–Kier alpha value is -3.34. The average molecular weight is 481 g/mol. The number of nitrogens with one attached hydrogen (secondary N) is 1. The number of carbonyl (C=O) groups excluding carboxylic acids is 4. The third-order valence-electron chi connectivity index (χ3n) is 6.93. The van der Waals surface area contributed by atoms with Gasteiger partial charge in [-0.15, -0.1) is 5.10 Å². The highest BCUT2D eigenvalue weighted by atomic mass is 28.3. The molecule has 1 aromatic heterocycles. The van der Waals surface area contributed by atoms with Gasteiger partial charge in [-0.25, -0.2) is 4.68 Å². The van der Waals surface area contributed by atoms with Gasteiger partial charge in [-0.3, -0.25) is 24.5 Å². The van der Waals surface area contributed by atoms with Gasteiger partial charge in [0.15, 0.2) is 5.69 Å². The molecule has 3 aliphatic rings. The van der Waals surface area contributed by atoms with E-state index < -0.39 is 20.0 Å². The molecule has 1 aromatic carbocycles. The summed E-state index contributed by atoms with van der Waals surface area (Å²) in [5.74, 6) is -1.10. The number of benzene rings is 1. The zero-order valence-electron chi connectivity index (χ0n) is 19.4. The first-order valence-corrected chi connectivity index (χ1v) is 15.1. The molecule has 0 bridgehead atoms. The Labute approximate surface area is 198 Å². The zero-order valence-corrected chi connectivity index (χ0v) is 20.4. The molecule has 1 unspecified atom stereocenters. The van der Waals surface area contributed by atoms with Crippen LogP contribution in [0.1, 0.15) is 52.1 Å². The van der Waals surface area contributed by atoms with Crippen molar-refractivity contribution in [3.05, 3.63) is 41.2 Å². The monoisotopic (exact) mass is 480 g/mol. The zero-order chi connectivity index (χ0) is 24.0. The van der Waals surface area contributed by atoms with Gasteiger partial charge in [0.05, 0.1) is 20.0 Å². The summed E-state index contributed by atoms with van der Waals surface area (Å²) in [7, 11) is -1.45. The van der Waals surface area contributed by atoms with Crippen LogP contribution in [0, 0.1) is 0 Å². The van der Waals surface area contributed by atoms with Crippen molar-refractivity contribution >= 4 is 31.7 Å². The Balaban J connectivity index is 1.34. The molecule has 0 spiro atoms. The summed E-state index contributed by atoms with van der Waals surface area (Å²) in [6.07, 6.45) is 5.14. The van der Waals surface area contributed by atoms with Gasteiger partial charge in [-0.1, -0.05) is 36.8 Å². The van der Waals surface area contributed by atoms with Gasteiger partial charge in [0.25, 0.3) is 11.8 Å². The first-order chi connectivity index (χ1) is 16.2. The molecule has 0 saturated carbocycles. The Kier molecular flexibility index (Phi) is 5.59. The van der Waals surface area contributed by atoms with Crippen molar-refractivity contribution in [2.24, 2.45) is 0 Å². The number of nitrogens with zero attached hydrogens (tertiary/aromatic N) is 5. The SMILES string of the molecule is C[Si]1(C)CCCCN(C(=O)c2cn(-c3ccc4c(c3)C(=O)N(C3CCC(=O)NC3=O)C4)nn2)C1. The van der Waals surface area contributed by atoms with Crippen LogP contribution in [-0.2, 0) is 16.1 Å². The minimum absolute atomic E-state index is 0.102. The molecule has 4 heterocycles. The second-order valence-electron chi connectivity index (χ2n) is 10.1. The van der Waals surface area contributed by atoms with E-state index >= 15 is 0 Å². The Bertz CT molecular complexity index is 1190. The maximum atomic E-state index is 13.1. The number of rotatable bonds is 3. The molecule has 2 fully saturated rings. The van der Waals surface area contributed by atoms with E-state index in [1.165, 1.54) is 15.6 Å². The lowest BCUT2D eigenvalue weighted by Crippen LogP contribution is -2.52. The van der Waals surface area contributed by atoms with Crippen LogP contribution in [-0.4, -0.2) is 75.3 Å². The fourth-order valence-corrected chi connectivity index (χ4v) is 7.79. The summed E-state index contributed by atoms with van der Waals surface area (Å²) >= 11 is 0. The van der Waals surface area contributed by atoms with Crippen molar-refractivity contribution in [2.45, 2.75) is 57.4 Å². The average Bonchev–Trinajstić information content (AvgIpc) is 3.35. The van der Waals surface area contributed by atoms with E-state index in [9.17, 15) is 19.2 Å². The quantitative estimate of drug-likeness (QED) is 0.526. The van der Waals surface area contributed by atoms with Gasteiger partial charge in [0.1, 0.15) is 6.04 Å². The predicted molar refractivity (Wildman–Crippen MR) is 125 cm³/mol. The van der Waals surface area contributed by atoms with E-state index in [1.54, 1.807) is 12.3 Å². The summed E-state index contributed by atoms with van der Waals surface area (Å²) in [5.41, 5.74) is 2.22. The first kappa shape index (κ1) is 22.4. The highest BCUT2D eigenvalue weighted by molar-refractivity contribution is 6.77. The summed E-state index contributed by atoms with van der Waals surface area (Å²) in [6, 6.07) is 5.95. The van der Waals surface area contributed by atoms with Crippen molar-refractivity contribution in [1.82, 2.24) is 30.1 Å². The van der Waals surface area contributed by atoms with Gasteiger partial charge >= 0.3 is 0 Å². The lowest BCUT2D eigenvalue weighted by atomic mass is 10.0. The van der Waals surface area contributed by atoms with Gasteiger partial charge in [-0.2, -0.15) is 0 Å². The van der Waals surface area contributed by atoms with Crippen molar-refractivity contribution < 1.29 is 19.2 Å². The second-order valence-corrected chi connectivity index (χ2v) is 15.3. The number of imide groups is 1. The number of hydrogen-bond acceptors (Lipinski definition) is 6. The fourth-order valence-electron chi connectivity index (χ4n) is 5.09.